The smallest absolute Gasteiger partial charge is 0.317 e. The number of nitrogens with zero attached hydrogens (tertiary/aromatic N) is 2. The SMILES string of the molecule is Cl.O=[N+]([O-])c1cc([N+](=O)[O-])c(O)cc1O. The number of benzene rings is 1. The molecule has 1 aromatic carbocycles. The summed E-state index contributed by atoms with van der Waals surface area (Å²) in [7, 11) is 0. The Morgan fingerprint density at radius 1 is 0.933 bits per heavy atom. The van der Waals surface area contributed by atoms with Crippen LogP contribution in [-0.2, 0) is 0 Å². The van der Waals surface area contributed by atoms with Gasteiger partial charge in [-0.25, -0.2) is 0 Å². The predicted octanol–water partition coefficient (Wildman–Crippen LogP) is 1.34. The molecule has 0 fully saturated rings. The van der Waals surface area contributed by atoms with Crippen LogP contribution in [0.2, 0.25) is 0 Å². The molecule has 0 aromatic heterocycles. The first kappa shape index (κ1) is 12.9. The van der Waals surface area contributed by atoms with Gasteiger partial charge in [-0.05, 0) is 0 Å². The third kappa shape index (κ3) is 2.44. The topological polar surface area (TPSA) is 127 Å². The molecule has 0 spiro atoms. The third-order valence-corrected chi connectivity index (χ3v) is 1.47. The first-order chi connectivity index (χ1) is 6.43. The lowest BCUT2D eigenvalue weighted by Crippen LogP contribution is -1.93. The summed E-state index contributed by atoms with van der Waals surface area (Å²) in [4.78, 5) is 18.5. The number of halogens is 1. The second kappa shape index (κ2) is 4.42. The van der Waals surface area contributed by atoms with E-state index in [0.29, 0.717) is 12.1 Å². The van der Waals surface area contributed by atoms with E-state index in [1.165, 1.54) is 0 Å². The van der Waals surface area contributed by atoms with Gasteiger partial charge < -0.3 is 10.2 Å². The van der Waals surface area contributed by atoms with Crippen molar-refractivity contribution in [3.63, 3.8) is 0 Å². The van der Waals surface area contributed by atoms with Crippen molar-refractivity contribution in [2.24, 2.45) is 0 Å². The van der Waals surface area contributed by atoms with Gasteiger partial charge in [0.15, 0.2) is 11.5 Å². The Labute approximate surface area is 88.5 Å². The molecule has 0 aliphatic heterocycles. The standard InChI is InChI=1S/C6H4N2O6.ClH/c9-5-2-6(10)4(8(13)14)1-3(5)7(11)12;/h1-2,9-10H;1H. The first-order valence-electron chi connectivity index (χ1n) is 3.28. The summed E-state index contributed by atoms with van der Waals surface area (Å²) >= 11 is 0. The molecule has 0 heterocycles. The number of hydrogen-bond acceptors (Lipinski definition) is 6. The van der Waals surface area contributed by atoms with Gasteiger partial charge in [0.1, 0.15) is 6.07 Å². The largest absolute Gasteiger partial charge is 0.502 e. The van der Waals surface area contributed by atoms with Gasteiger partial charge in [0, 0.05) is 6.07 Å². The maximum absolute atomic E-state index is 10.2. The van der Waals surface area contributed by atoms with Crippen molar-refractivity contribution >= 4 is 23.8 Å². The number of phenols is 2. The molecule has 0 amide bonds. The zero-order valence-electron chi connectivity index (χ0n) is 6.98. The van der Waals surface area contributed by atoms with Crippen molar-refractivity contribution in [2.75, 3.05) is 0 Å². The molecule has 1 aromatic rings. The fourth-order valence-electron chi connectivity index (χ4n) is 0.847. The van der Waals surface area contributed by atoms with Crippen LogP contribution in [0.4, 0.5) is 11.4 Å². The summed E-state index contributed by atoms with van der Waals surface area (Å²) in [6.07, 6.45) is 0. The van der Waals surface area contributed by atoms with E-state index in [1.807, 2.05) is 0 Å². The Balaban J connectivity index is 0.00000196. The minimum Gasteiger partial charge on any atom is -0.502 e. The van der Waals surface area contributed by atoms with Crippen molar-refractivity contribution in [3.05, 3.63) is 32.4 Å². The lowest BCUT2D eigenvalue weighted by Gasteiger charge is -1.98. The molecule has 0 aliphatic carbocycles. The lowest BCUT2D eigenvalue weighted by atomic mass is 10.2. The number of phenolic OH excluding ortho intramolecular Hbond substituents is 2. The van der Waals surface area contributed by atoms with Crippen LogP contribution in [0.3, 0.4) is 0 Å². The fraction of sp³-hybridized carbons (Fsp3) is 0. The normalized spacial score (nSPS) is 9.07. The second-order valence-electron chi connectivity index (χ2n) is 2.34. The molecule has 0 saturated carbocycles. The molecule has 0 aliphatic rings. The molecule has 0 radical (unpaired) electrons. The average Bonchev–Trinajstić information content (AvgIpc) is 2.02. The zero-order valence-corrected chi connectivity index (χ0v) is 7.80. The Bertz CT molecular complexity index is 385. The van der Waals surface area contributed by atoms with E-state index in [1.54, 1.807) is 0 Å². The van der Waals surface area contributed by atoms with Gasteiger partial charge in [0.05, 0.1) is 9.85 Å². The Kier molecular flexibility index (Phi) is 3.80. The van der Waals surface area contributed by atoms with Gasteiger partial charge >= 0.3 is 11.4 Å². The van der Waals surface area contributed by atoms with Gasteiger partial charge in [-0.2, -0.15) is 0 Å². The number of nitro groups is 2. The van der Waals surface area contributed by atoms with E-state index in [-0.39, 0.29) is 12.4 Å². The van der Waals surface area contributed by atoms with E-state index in [9.17, 15) is 20.2 Å². The van der Waals surface area contributed by atoms with Crippen LogP contribution >= 0.6 is 12.4 Å². The minimum atomic E-state index is -0.984. The van der Waals surface area contributed by atoms with Gasteiger partial charge in [-0.1, -0.05) is 0 Å². The minimum absolute atomic E-state index is 0. The molecule has 0 atom stereocenters. The first-order valence-corrected chi connectivity index (χ1v) is 3.28. The maximum Gasteiger partial charge on any atom is 0.317 e. The van der Waals surface area contributed by atoms with E-state index in [4.69, 9.17) is 10.2 Å². The highest BCUT2D eigenvalue weighted by molar-refractivity contribution is 5.85. The Morgan fingerprint density at radius 2 is 1.27 bits per heavy atom. The number of hydrogen-bond donors (Lipinski definition) is 2. The molecule has 8 nitrogen and oxygen atoms in total. The van der Waals surface area contributed by atoms with Crippen LogP contribution < -0.4 is 0 Å². The molecule has 2 N–H and O–H groups in total. The number of aromatic hydroxyl groups is 2. The van der Waals surface area contributed by atoms with Crippen LogP contribution in [0.15, 0.2) is 12.1 Å². The molecule has 15 heavy (non-hydrogen) atoms. The van der Waals surface area contributed by atoms with Gasteiger partial charge in [-0.15, -0.1) is 12.4 Å². The van der Waals surface area contributed by atoms with Crippen molar-refractivity contribution in [3.8, 4) is 11.5 Å². The molecular weight excluding hydrogens is 232 g/mol. The van der Waals surface area contributed by atoms with Gasteiger partial charge in [-0.3, -0.25) is 20.2 Å². The monoisotopic (exact) mass is 236 g/mol. The molecular formula is C6H5ClN2O6. The van der Waals surface area contributed by atoms with E-state index < -0.39 is 32.7 Å². The van der Waals surface area contributed by atoms with Gasteiger partial charge in [0.2, 0.25) is 0 Å². The van der Waals surface area contributed by atoms with E-state index in [2.05, 4.69) is 0 Å². The van der Waals surface area contributed by atoms with Crippen LogP contribution in [0.25, 0.3) is 0 Å². The highest BCUT2D eigenvalue weighted by Crippen LogP contribution is 2.37. The van der Waals surface area contributed by atoms with Crippen LogP contribution in [0.1, 0.15) is 0 Å². The molecule has 82 valence electrons. The quantitative estimate of drug-likeness (QED) is 0.589. The highest BCUT2D eigenvalue weighted by Gasteiger charge is 2.23. The van der Waals surface area contributed by atoms with Crippen LogP contribution in [0, 0.1) is 20.2 Å². The number of rotatable bonds is 2. The number of nitro benzene ring substituents is 2. The highest BCUT2D eigenvalue weighted by atomic mass is 35.5. The molecule has 1 rings (SSSR count). The summed E-state index contributed by atoms with van der Waals surface area (Å²) < 4.78 is 0. The van der Waals surface area contributed by atoms with Crippen LogP contribution in [-0.4, -0.2) is 20.1 Å². The summed E-state index contributed by atoms with van der Waals surface area (Å²) in [5.41, 5.74) is -1.65. The lowest BCUT2D eigenvalue weighted by molar-refractivity contribution is -0.395. The van der Waals surface area contributed by atoms with E-state index >= 15 is 0 Å². The maximum atomic E-state index is 10.2. The van der Waals surface area contributed by atoms with Gasteiger partial charge in [0.25, 0.3) is 0 Å². The summed E-state index contributed by atoms with van der Waals surface area (Å²) in [5.74, 6) is -1.64. The summed E-state index contributed by atoms with van der Waals surface area (Å²) in [6, 6.07) is 1.04. The summed E-state index contributed by atoms with van der Waals surface area (Å²) in [5, 5.41) is 38.4. The Morgan fingerprint density at radius 3 is 1.53 bits per heavy atom. The van der Waals surface area contributed by atoms with Crippen molar-refractivity contribution in [2.45, 2.75) is 0 Å². The molecule has 0 saturated heterocycles. The fourth-order valence-corrected chi connectivity index (χ4v) is 0.847. The van der Waals surface area contributed by atoms with E-state index in [0.717, 1.165) is 0 Å². The zero-order chi connectivity index (χ0) is 10.9. The summed E-state index contributed by atoms with van der Waals surface area (Å²) in [6.45, 7) is 0. The predicted molar refractivity (Wildman–Crippen MR) is 50.3 cm³/mol. The van der Waals surface area contributed by atoms with Crippen LogP contribution in [0.5, 0.6) is 11.5 Å². The van der Waals surface area contributed by atoms with Crippen molar-refractivity contribution in [1.82, 2.24) is 0 Å². The average molecular weight is 237 g/mol. The van der Waals surface area contributed by atoms with Crippen molar-refractivity contribution < 1.29 is 20.1 Å². The molecule has 0 bridgehead atoms. The Hall–Kier alpha value is -2.09. The molecule has 0 unspecified atom stereocenters. The van der Waals surface area contributed by atoms with Crippen molar-refractivity contribution in [1.29, 1.82) is 0 Å². The molecule has 9 heteroatoms. The third-order valence-electron chi connectivity index (χ3n) is 1.47. The second-order valence-corrected chi connectivity index (χ2v) is 2.34.